The van der Waals surface area contributed by atoms with E-state index in [1.807, 2.05) is 48.3 Å². The van der Waals surface area contributed by atoms with E-state index < -0.39 is 0 Å². The minimum atomic E-state index is -0.351. The molecule has 0 saturated carbocycles. The van der Waals surface area contributed by atoms with Crippen LogP contribution in [0.3, 0.4) is 0 Å². The minimum Gasteiger partial charge on any atom is -0.351 e. The molecule has 1 heterocycles. The van der Waals surface area contributed by atoms with Crippen molar-refractivity contribution in [3.8, 4) is 0 Å². The first-order chi connectivity index (χ1) is 19.9. The highest BCUT2D eigenvalue weighted by Gasteiger charge is 2.26. The Hall–Kier alpha value is -2.90. The van der Waals surface area contributed by atoms with Crippen LogP contribution in [-0.2, 0) is 4.79 Å². The summed E-state index contributed by atoms with van der Waals surface area (Å²) in [6.07, 6.45) is 4.41. The van der Waals surface area contributed by atoms with Gasteiger partial charge in [0, 0.05) is 44.7 Å². The van der Waals surface area contributed by atoms with Gasteiger partial charge in [-0.2, -0.15) is 0 Å². The highest BCUT2D eigenvalue weighted by molar-refractivity contribution is 6.42. The molecule has 6 nitrogen and oxygen atoms in total. The van der Waals surface area contributed by atoms with Crippen LogP contribution in [0.15, 0.2) is 78.9 Å². The molecule has 0 radical (unpaired) electrons. The van der Waals surface area contributed by atoms with E-state index in [1.54, 1.807) is 18.2 Å². The zero-order valence-corrected chi connectivity index (χ0v) is 25.2. The van der Waals surface area contributed by atoms with Gasteiger partial charge in [0.1, 0.15) is 0 Å². The Morgan fingerprint density at radius 1 is 0.854 bits per heavy atom. The number of piperidine rings is 1. The third kappa shape index (κ3) is 9.30. The highest BCUT2D eigenvalue weighted by Crippen LogP contribution is 2.26. The number of likely N-dealkylation sites (tertiary alicyclic amines) is 1. The molecule has 1 aliphatic heterocycles. The maximum absolute atomic E-state index is 13.9. The standard InChI is InChI=1S/C33H40Cl2N4O2/c1-38(24-28(25-11-5-2-6-12-25)26-13-7-3-8-14-26)33(41)31(17-22-39-20-9-4-10-21-39)36-18-19-37-32(40)27-15-16-29(34)30(35)23-27/h2-3,5-8,11-16,23,28,31,36H,4,9-10,17-22,24H2,1H3,(H,37,40)/t31-/m0/s1. The van der Waals surface area contributed by atoms with Gasteiger partial charge in [0.25, 0.3) is 5.91 Å². The summed E-state index contributed by atoms with van der Waals surface area (Å²) in [6, 6.07) is 25.2. The molecule has 0 unspecified atom stereocenters. The summed E-state index contributed by atoms with van der Waals surface area (Å²) in [5.41, 5.74) is 2.81. The zero-order chi connectivity index (χ0) is 29.0. The topological polar surface area (TPSA) is 64.7 Å². The van der Waals surface area contributed by atoms with E-state index in [1.165, 1.54) is 30.4 Å². The lowest BCUT2D eigenvalue weighted by Gasteiger charge is -2.31. The number of nitrogens with zero attached hydrogens (tertiary/aromatic N) is 2. The van der Waals surface area contributed by atoms with Crippen LogP contribution in [0.5, 0.6) is 0 Å². The molecule has 3 aromatic carbocycles. The van der Waals surface area contributed by atoms with Gasteiger partial charge in [0.05, 0.1) is 16.1 Å². The van der Waals surface area contributed by atoms with Crippen LogP contribution < -0.4 is 10.6 Å². The van der Waals surface area contributed by atoms with E-state index in [4.69, 9.17) is 23.2 Å². The van der Waals surface area contributed by atoms with E-state index in [0.717, 1.165) is 19.6 Å². The Balaban J connectivity index is 1.39. The maximum atomic E-state index is 13.9. The number of carbonyl (C=O) groups is 2. The van der Waals surface area contributed by atoms with Crippen LogP contribution in [-0.4, -0.2) is 74.0 Å². The summed E-state index contributed by atoms with van der Waals surface area (Å²) in [7, 11) is 1.89. The van der Waals surface area contributed by atoms with Gasteiger partial charge in [-0.1, -0.05) is 90.3 Å². The average Bonchev–Trinajstić information content (AvgIpc) is 3.01. The van der Waals surface area contributed by atoms with Crippen molar-refractivity contribution in [2.24, 2.45) is 0 Å². The number of rotatable bonds is 13. The Labute approximate surface area is 254 Å². The predicted molar refractivity (Wildman–Crippen MR) is 168 cm³/mol. The third-order valence-electron chi connectivity index (χ3n) is 7.70. The van der Waals surface area contributed by atoms with Gasteiger partial charge in [0.2, 0.25) is 5.91 Å². The zero-order valence-electron chi connectivity index (χ0n) is 23.7. The Kier molecular flexibility index (Phi) is 12.1. The first kappa shape index (κ1) is 31.0. The lowest BCUT2D eigenvalue weighted by atomic mass is 9.90. The SMILES string of the molecule is CN(CC(c1ccccc1)c1ccccc1)C(=O)[C@H](CCN1CCCCC1)NCCNC(=O)c1ccc(Cl)c(Cl)c1. The number of nitrogens with one attached hydrogen (secondary N) is 2. The van der Waals surface area contributed by atoms with Crippen molar-refractivity contribution in [2.75, 3.05) is 46.3 Å². The Bertz CT molecular complexity index is 1210. The molecule has 0 aliphatic carbocycles. The molecular formula is C33H40Cl2N4O2. The van der Waals surface area contributed by atoms with E-state index in [-0.39, 0.29) is 23.8 Å². The lowest BCUT2D eigenvalue weighted by Crippen LogP contribution is -2.49. The van der Waals surface area contributed by atoms with E-state index >= 15 is 0 Å². The highest BCUT2D eigenvalue weighted by atomic mass is 35.5. The Morgan fingerprint density at radius 3 is 2.10 bits per heavy atom. The van der Waals surface area contributed by atoms with Crippen LogP contribution in [0.1, 0.15) is 53.1 Å². The number of carbonyl (C=O) groups excluding carboxylic acids is 2. The first-order valence-corrected chi connectivity index (χ1v) is 15.2. The van der Waals surface area contributed by atoms with Gasteiger partial charge in [-0.25, -0.2) is 0 Å². The first-order valence-electron chi connectivity index (χ1n) is 14.5. The fourth-order valence-corrected chi connectivity index (χ4v) is 5.67. The fraction of sp³-hybridized carbons (Fsp3) is 0.394. The molecule has 0 aromatic heterocycles. The molecule has 0 spiro atoms. The van der Waals surface area contributed by atoms with E-state index in [0.29, 0.717) is 41.7 Å². The quantitative estimate of drug-likeness (QED) is 0.244. The van der Waals surface area contributed by atoms with Gasteiger partial charge in [-0.15, -0.1) is 0 Å². The van der Waals surface area contributed by atoms with Crippen molar-refractivity contribution >= 4 is 35.0 Å². The lowest BCUT2D eigenvalue weighted by molar-refractivity contribution is -0.132. The van der Waals surface area contributed by atoms with Crippen molar-refractivity contribution in [2.45, 2.75) is 37.6 Å². The molecule has 8 heteroatoms. The minimum absolute atomic E-state index is 0.0645. The molecule has 4 rings (SSSR count). The predicted octanol–water partition coefficient (Wildman–Crippen LogP) is 5.85. The van der Waals surface area contributed by atoms with Gasteiger partial charge >= 0.3 is 0 Å². The molecule has 2 amide bonds. The molecule has 1 saturated heterocycles. The summed E-state index contributed by atoms with van der Waals surface area (Å²) < 4.78 is 0. The second-order valence-electron chi connectivity index (χ2n) is 10.7. The molecular weight excluding hydrogens is 555 g/mol. The number of benzene rings is 3. The van der Waals surface area contributed by atoms with Crippen molar-refractivity contribution < 1.29 is 9.59 Å². The molecule has 218 valence electrons. The van der Waals surface area contributed by atoms with Crippen LogP contribution in [0, 0.1) is 0 Å². The maximum Gasteiger partial charge on any atom is 0.251 e. The Morgan fingerprint density at radius 2 is 1.49 bits per heavy atom. The van der Waals surface area contributed by atoms with Gasteiger partial charge in [-0.05, 0) is 61.7 Å². The van der Waals surface area contributed by atoms with Crippen molar-refractivity contribution in [1.29, 1.82) is 0 Å². The second kappa shape index (κ2) is 15.9. The van der Waals surface area contributed by atoms with E-state index in [2.05, 4.69) is 39.8 Å². The molecule has 1 fully saturated rings. The molecule has 1 aliphatic rings. The third-order valence-corrected chi connectivity index (χ3v) is 8.44. The summed E-state index contributed by atoms with van der Waals surface area (Å²) in [4.78, 5) is 30.8. The van der Waals surface area contributed by atoms with Gasteiger partial charge in [-0.3, -0.25) is 9.59 Å². The fourth-order valence-electron chi connectivity index (χ4n) is 5.37. The van der Waals surface area contributed by atoms with Crippen molar-refractivity contribution in [3.05, 3.63) is 106 Å². The number of amides is 2. The molecule has 0 bridgehead atoms. The van der Waals surface area contributed by atoms with Crippen LogP contribution in [0.4, 0.5) is 0 Å². The van der Waals surface area contributed by atoms with Gasteiger partial charge in [0.15, 0.2) is 0 Å². The summed E-state index contributed by atoms with van der Waals surface area (Å²) in [6.45, 7) is 4.46. The van der Waals surface area contributed by atoms with Gasteiger partial charge < -0.3 is 20.4 Å². The smallest absolute Gasteiger partial charge is 0.251 e. The number of hydrogen-bond donors (Lipinski definition) is 2. The van der Waals surface area contributed by atoms with Crippen LogP contribution in [0.25, 0.3) is 0 Å². The molecule has 41 heavy (non-hydrogen) atoms. The second-order valence-corrected chi connectivity index (χ2v) is 11.5. The monoisotopic (exact) mass is 594 g/mol. The largest absolute Gasteiger partial charge is 0.351 e. The molecule has 3 aromatic rings. The normalized spacial score (nSPS) is 14.5. The number of hydrogen-bond acceptors (Lipinski definition) is 4. The van der Waals surface area contributed by atoms with Crippen molar-refractivity contribution in [3.63, 3.8) is 0 Å². The summed E-state index contributed by atoms with van der Waals surface area (Å²) in [5, 5.41) is 7.10. The van der Waals surface area contributed by atoms with Crippen LogP contribution >= 0.6 is 23.2 Å². The molecule has 1 atom stereocenters. The molecule has 2 N–H and O–H groups in total. The number of likely N-dealkylation sites (N-methyl/N-ethyl adjacent to an activating group) is 1. The summed E-state index contributed by atoms with van der Waals surface area (Å²) in [5.74, 6) is -0.0958. The van der Waals surface area contributed by atoms with Crippen molar-refractivity contribution in [1.82, 2.24) is 20.4 Å². The average molecular weight is 596 g/mol. The van der Waals surface area contributed by atoms with E-state index in [9.17, 15) is 9.59 Å². The number of halogens is 2. The van der Waals surface area contributed by atoms with Crippen LogP contribution in [0.2, 0.25) is 10.0 Å². The summed E-state index contributed by atoms with van der Waals surface area (Å²) >= 11 is 12.0.